The Morgan fingerprint density at radius 2 is 2.29 bits per heavy atom. The van der Waals surface area contributed by atoms with Crippen molar-refractivity contribution in [3.05, 3.63) is 0 Å². The Morgan fingerprint density at radius 3 is 2.71 bits per heavy atom. The van der Waals surface area contributed by atoms with Crippen LogP contribution in [0.2, 0.25) is 0 Å². The van der Waals surface area contributed by atoms with Crippen molar-refractivity contribution in [2.45, 2.75) is 44.7 Å². The van der Waals surface area contributed by atoms with Gasteiger partial charge in [0.05, 0.1) is 0 Å². The molecule has 0 saturated carbocycles. The van der Waals surface area contributed by atoms with Gasteiger partial charge in [-0.1, -0.05) is 13.3 Å². The normalized spacial score (nSPS) is 29.8. The molecule has 0 aromatic rings. The molecule has 1 heterocycles. The van der Waals surface area contributed by atoms with Crippen LogP contribution in [0.5, 0.6) is 0 Å². The Morgan fingerprint density at radius 1 is 1.57 bits per heavy atom. The molecular formula is C11H24N2S. The topological polar surface area (TPSA) is 29.3 Å². The van der Waals surface area contributed by atoms with E-state index in [9.17, 15) is 0 Å². The van der Waals surface area contributed by atoms with E-state index in [2.05, 4.69) is 25.8 Å². The molecule has 2 atom stereocenters. The van der Waals surface area contributed by atoms with Gasteiger partial charge >= 0.3 is 0 Å². The van der Waals surface area contributed by atoms with Crippen molar-refractivity contribution in [1.29, 1.82) is 0 Å². The number of nitrogens with zero attached hydrogens (tertiary/aromatic N) is 1. The van der Waals surface area contributed by atoms with Crippen molar-refractivity contribution in [3.63, 3.8) is 0 Å². The molecule has 2 unspecified atom stereocenters. The Kier molecular flexibility index (Phi) is 4.74. The van der Waals surface area contributed by atoms with E-state index < -0.39 is 0 Å². The minimum Gasteiger partial charge on any atom is -0.329 e. The SMILES string of the molecule is CCCC(C)N(C)C1(CN)CCSC1. The second kappa shape index (κ2) is 5.38. The third kappa shape index (κ3) is 2.44. The Hall–Kier alpha value is 0.270. The van der Waals surface area contributed by atoms with Crippen LogP contribution in [0.3, 0.4) is 0 Å². The summed E-state index contributed by atoms with van der Waals surface area (Å²) in [4.78, 5) is 2.52. The van der Waals surface area contributed by atoms with Gasteiger partial charge in [0, 0.05) is 23.9 Å². The van der Waals surface area contributed by atoms with Crippen molar-refractivity contribution < 1.29 is 0 Å². The molecule has 1 saturated heterocycles. The van der Waals surface area contributed by atoms with Crippen LogP contribution < -0.4 is 5.73 Å². The molecule has 1 rings (SSSR count). The molecule has 1 aliphatic heterocycles. The lowest BCUT2D eigenvalue weighted by Gasteiger charge is -2.41. The monoisotopic (exact) mass is 216 g/mol. The van der Waals surface area contributed by atoms with Crippen LogP contribution in [0.1, 0.15) is 33.1 Å². The zero-order chi connectivity index (χ0) is 10.6. The van der Waals surface area contributed by atoms with Crippen LogP contribution in [-0.4, -0.2) is 41.6 Å². The van der Waals surface area contributed by atoms with E-state index >= 15 is 0 Å². The second-order valence-corrected chi connectivity index (χ2v) is 5.58. The number of likely N-dealkylation sites (N-methyl/N-ethyl adjacent to an activating group) is 1. The number of thioether (sulfide) groups is 1. The van der Waals surface area contributed by atoms with E-state index in [0.29, 0.717) is 11.6 Å². The summed E-state index contributed by atoms with van der Waals surface area (Å²) in [5.41, 5.74) is 6.24. The predicted molar refractivity (Wildman–Crippen MR) is 65.9 cm³/mol. The molecule has 14 heavy (non-hydrogen) atoms. The number of hydrogen-bond acceptors (Lipinski definition) is 3. The molecule has 84 valence electrons. The highest BCUT2D eigenvalue weighted by molar-refractivity contribution is 7.99. The first-order chi connectivity index (χ1) is 6.66. The van der Waals surface area contributed by atoms with E-state index in [0.717, 1.165) is 6.54 Å². The van der Waals surface area contributed by atoms with Gasteiger partial charge in [0.1, 0.15) is 0 Å². The summed E-state index contributed by atoms with van der Waals surface area (Å²) in [6, 6.07) is 0.669. The van der Waals surface area contributed by atoms with Crippen LogP contribution in [0, 0.1) is 0 Å². The van der Waals surface area contributed by atoms with Crippen molar-refractivity contribution in [2.75, 3.05) is 25.1 Å². The predicted octanol–water partition coefficient (Wildman–Crippen LogP) is 1.94. The maximum atomic E-state index is 5.95. The molecule has 2 N–H and O–H groups in total. The summed E-state index contributed by atoms with van der Waals surface area (Å²) in [6.45, 7) is 5.39. The zero-order valence-corrected chi connectivity index (χ0v) is 10.6. The number of nitrogens with two attached hydrogens (primary N) is 1. The lowest BCUT2D eigenvalue weighted by molar-refractivity contribution is 0.101. The van der Waals surface area contributed by atoms with E-state index in [1.54, 1.807) is 0 Å². The highest BCUT2D eigenvalue weighted by atomic mass is 32.2. The fourth-order valence-corrected chi connectivity index (χ4v) is 3.77. The van der Waals surface area contributed by atoms with Gasteiger partial charge in [-0.3, -0.25) is 4.90 Å². The first-order valence-corrected chi connectivity index (χ1v) is 6.82. The van der Waals surface area contributed by atoms with Gasteiger partial charge in [-0.15, -0.1) is 0 Å². The van der Waals surface area contributed by atoms with Crippen LogP contribution in [0.15, 0.2) is 0 Å². The molecular weight excluding hydrogens is 192 g/mol. The minimum absolute atomic E-state index is 0.291. The fourth-order valence-electron chi connectivity index (χ4n) is 2.26. The van der Waals surface area contributed by atoms with E-state index in [4.69, 9.17) is 5.73 Å². The van der Waals surface area contributed by atoms with Gasteiger partial charge in [-0.2, -0.15) is 11.8 Å². The smallest absolute Gasteiger partial charge is 0.0429 e. The first kappa shape index (κ1) is 12.3. The Balaban J connectivity index is 2.59. The van der Waals surface area contributed by atoms with E-state index in [1.807, 2.05) is 11.8 Å². The number of rotatable bonds is 5. The summed E-state index contributed by atoms with van der Waals surface area (Å²) in [5.74, 6) is 2.49. The van der Waals surface area contributed by atoms with Crippen LogP contribution in [-0.2, 0) is 0 Å². The van der Waals surface area contributed by atoms with Crippen LogP contribution >= 0.6 is 11.8 Å². The maximum Gasteiger partial charge on any atom is 0.0429 e. The standard InChI is InChI=1S/C11H24N2S/c1-4-5-10(2)13(3)11(8-12)6-7-14-9-11/h10H,4-9,12H2,1-3H3. The van der Waals surface area contributed by atoms with Crippen LogP contribution in [0.25, 0.3) is 0 Å². The van der Waals surface area contributed by atoms with E-state index in [-0.39, 0.29) is 0 Å². The third-order valence-electron chi connectivity index (χ3n) is 3.58. The summed E-state index contributed by atoms with van der Waals surface area (Å²) in [5, 5.41) is 0. The quantitative estimate of drug-likeness (QED) is 0.761. The highest BCUT2D eigenvalue weighted by Crippen LogP contribution is 2.33. The molecule has 3 heteroatoms. The largest absolute Gasteiger partial charge is 0.329 e. The summed E-state index contributed by atoms with van der Waals surface area (Å²) in [7, 11) is 2.25. The van der Waals surface area contributed by atoms with Gasteiger partial charge in [-0.05, 0) is 32.6 Å². The maximum absolute atomic E-state index is 5.95. The lowest BCUT2D eigenvalue weighted by atomic mass is 9.94. The van der Waals surface area contributed by atoms with E-state index in [1.165, 1.54) is 30.8 Å². The molecule has 1 fully saturated rings. The average molecular weight is 216 g/mol. The van der Waals surface area contributed by atoms with Gasteiger partial charge in [0.25, 0.3) is 0 Å². The lowest BCUT2D eigenvalue weighted by Crippen LogP contribution is -2.55. The molecule has 2 nitrogen and oxygen atoms in total. The van der Waals surface area contributed by atoms with Crippen molar-refractivity contribution in [1.82, 2.24) is 4.90 Å². The second-order valence-electron chi connectivity index (χ2n) is 4.48. The summed E-state index contributed by atoms with van der Waals surface area (Å²) in [6.07, 6.45) is 3.81. The van der Waals surface area contributed by atoms with Gasteiger partial charge < -0.3 is 5.73 Å². The first-order valence-electron chi connectivity index (χ1n) is 5.67. The fraction of sp³-hybridized carbons (Fsp3) is 1.00. The molecule has 0 aromatic carbocycles. The molecule has 0 spiro atoms. The van der Waals surface area contributed by atoms with Crippen LogP contribution in [0.4, 0.5) is 0 Å². The zero-order valence-electron chi connectivity index (χ0n) is 9.75. The molecule has 0 aromatic heterocycles. The Labute approximate surface area is 92.6 Å². The minimum atomic E-state index is 0.291. The number of hydrogen-bond donors (Lipinski definition) is 1. The third-order valence-corrected chi connectivity index (χ3v) is 4.81. The van der Waals surface area contributed by atoms with Gasteiger partial charge in [-0.25, -0.2) is 0 Å². The summed E-state index contributed by atoms with van der Waals surface area (Å²) < 4.78 is 0. The van der Waals surface area contributed by atoms with Gasteiger partial charge in [0.2, 0.25) is 0 Å². The van der Waals surface area contributed by atoms with Crippen molar-refractivity contribution in [3.8, 4) is 0 Å². The highest BCUT2D eigenvalue weighted by Gasteiger charge is 2.38. The Bertz CT molecular complexity index is 167. The van der Waals surface area contributed by atoms with Crippen molar-refractivity contribution in [2.24, 2.45) is 5.73 Å². The molecule has 0 radical (unpaired) electrons. The van der Waals surface area contributed by atoms with Gasteiger partial charge in [0.15, 0.2) is 0 Å². The molecule has 0 aliphatic carbocycles. The summed E-state index contributed by atoms with van der Waals surface area (Å²) >= 11 is 2.05. The molecule has 1 aliphatic rings. The molecule has 0 amide bonds. The molecule has 0 bridgehead atoms. The van der Waals surface area contributed by atoms with Crippen molar-refractivity contribution >= 4 is 11.8 Å². The average Bonchev–Trinajstić information content (AvgIpc) is 2.66.